The predicted molar refractivity (Wildman–Crippen MR) is 128 cm³/mol. The van der Waals surface area contributed by atoms with E-state index in [1.54, 1.807) is 12.1 Å². The number of benzene rings is 2. The van der Waals surface area contributed by atoms with Crippen molar-refractivity contribution in [2.24, 2.45) is 0 Å². The molecule has 1 N–H and O–H groups in total. The molecule has 2 unspecified atom stereocenters. The number of aliphatic hydroxyl groups is 1. The molecular formula is C26H21F5N2O4S. The summed E-state index contributed by atoms with van der Waals surface area (Å²) in [6.45, 7) is -5.01. The van der Waals surface area contributed by atoms with Crippen molar-refractivity contribution in [1.82, 2.24) is 4.98 Å². The summed E-state index contributed by atoms with van der Waals surface area (Å²) in [6, 6.07) is 12.2. The summed E-state index contributed by atoms with van der Waals surface area (Å²) < 4.78 is 74.5. The van der Waals surface area contributed by atoms with E-state index in [4.69, 9.17) is 0 Å². The first-order valence-electron chi connectivity index (χ1n) is 11.2. The molecule has 2 aromatic carbocycles. The lowest BCUT2D eigenvalue weighted by Gasteiger charge is -2.22. The number of ether oxygens (including phenoxy) is 2. The van der Waals surface area contributed by atoms with E-state index in [1.165, 1.54) is 61.9 Å². The summed E-state index contributed by atoms with van der Waals surface area (Å²) in [5, 5.41) is 23.2. The molecule has 2 atom stereocenters. The number of rotatable bonds is 10. The van der Waals surface area contributed by atoms with Crippen LogP contribution in [0.25, 0.3) is 0 Å². The third kappa shape index (κ3) is 6.37. The van der Waals surface area contributed by atoms with E-state index in [1.807, 2.05) is 0 Å². The Morgan fingerprint density at radius 1 is 0.974 bits per heavy atom. The lowest BCUT2D eigenvalue weighted by atomic mass is 9.92. The van der Waals surface area contributed by atoms with Gasteiger partial charge in [-0.15, -0.1) is 11.3 Å². The number of alkyl halides is 4. The van der Waals surface area contributed by atoms with Crippen LogP contribution in [-0.4, -0.2) is 23.3 Å². The van der Waals surface area contributed by atoms with E-state index >= 15 is 0 Å². The summed E-state index contributed by atoms with van der Waals surface area (Å²) in [7, 11) is 0. The van der Waals surface area contributed by atoms with Crippen LogP contribution < -0.4 is 14.2 Å². The molecule has 38 heavy (non-hydrogen) atoms. The first kappa shape index (κ1) is 27.3. The van der Waals surface area contributed by atoms with Crippen molar-refractivity contribution in [2.75, 3.05) is 0 Å². The number of halogens is 5. The Morgan fingerprint density at radius 3 is 2.24 bits per heavy atom. The van der Waals surface area contributed by atoms with Gasteiger partial charge in [0.05, 0.1) is 4.88 Å². The monoisotopic (exact) mass is 552 g/mol. The molecule has 0 spiro atoms. The highest BCUT2D eigenvalue weighted by Crippen LogP contribution is 2.40. The molecule has 0 aliphatic carbocycles. The molecule has 4 rings (SSSR count). The summed E-state index contributed by atoms with van der Waals surface area (Å²) in [5.74, 6) is -2.21. The van der Waals surface area contributed by atoms with Gasteiger partial charge in [-0.1, -0.05) is 18.2 Å². The Morgan fingerprint density at radius 2 is 1.61 bits per heavy atom. The number of nitrogens with zero attached hydrogens (tertiary/aromatic N) is 2. The molecule has 2 aromatic heterocycles. The first-order valence-corrected chi connectivity index (χ1v) is 12.0. The van der Waals surface area contributed by atoms with E-state index in [9.17, 15) is 32.3 Å². The average molecular weight is 553 g/mol. The first-order chi connectivity index (χ1) is 18.0. The zero-order chi connectivity index (χ0) is 27.4. The van der Waals surface area contributed by atoms with Crippen LogP contribution in [-0.2, 0) is 12.0 Å². The van der Waals surface area contributed by atoms with Crippen molar-refractivity contribution < 1.29 is 41.3 Å². The Hall–Kier alpha value is -3.77. The molecule has 0 saturated carbocycles. The van der Waals surface area contributed by atoms with Crippen molar-refractivity contribution in [3.63, 3.8) is 0 Å². The number of hydrogen-bond donors (Lipinski definition) is 1. The quantitative estimate of drug-likeness (QED) is 0.154. The summed E-state index contributed by atoms with van der Waals surface area (Å²) >= 11 is 1.14. The SMILES string of the molecule is CC(O)(c1ccc(F)cc1)c1cnc(C(Cc2cc[n+]([O-])cc2)c2ccc(OC(F)F)c(OC(F)F)c2)s1. The number of thiazole rings is 1. The highest BCUT2D eigenvalue weighted by molar-refractivity contribution is 7.11. The lowest BCUT2D eigenvalue weighted by molar-refractivity contribution is -0.605. The van der Waals surface area contributed by atoms with Gasteiger partial charge in [0.2, 0.25) is 0 Å². The molecule has 0 aliphatic rings. The molecule has 0 radical (unpaired) electrons. The minimum atomic E-state index is -3.29. The second-order valence-electron chi connectivity index (χ2n) is 8.43. The molecule has 0 aliphatic heterocycles. The number of aromatic nitrogens is 2. The third-order valence-corrected chi connectivity index (χ3v) is 7.14. The van der Waals surface area contributed by atoms with Gasteiger partial charge in [0.25, 0.3) is 0 Å². The van der Waals surface area contributed by atoms with E-state index < -0.39 is 42.1 Å². The normalized spacial score (nSPS) is 13.9. The van der Waals surface area contributed by atoms with Crippen LogP contribution in [0, 0.1) is 11.0 Å². The summed E-state index contributed by atoms with van der Waals surface area (Å²) in [5.41, 5.74) is 0.000131. The fourth-order valence-electron chi connectivity index (χ4n) is 3.88. The highest BCUT2D eigenvalue weighted by Gasteiger charge is 2.30. The van der Waals surface area contributed by atoms with Gasteiger partial charge in [-0.05, 0) is 54.3 Å². The second-order valence-corrected chi connectivity index (χ2v) is 9.49. The van der Waals surface area contributed by atoms with Crippen molar-refractivity contribution in [3.05, 3.63) is 111 Å². The van der Waals surface area contributed by atoms with Gasteiger partial charge >= 0.3 is 13.2 Å². The van der Waals surface area contributed by atoms with E-state index in [0.717, 1.165) is 17.4 Å². The van der Waals surface area contributed by atoms with Crippen LogP contribution in [0.1, 0.15) is 39.4 Å². The van der Waals surface area contributed by atoms with Crippen molar-refractivity contribution in [3.8, 4) is 11.5 Å². The van der Waals surface area contributed by atoms with Crippen LogP contribution >= 0.6 is 11.3 Å². The number of pyridine rings is 1. The smallest absolute Gasteiger partial charge is 0.387 e. The molecule has 0 bridgehead atoms. The van der Waals surface area contributed by atoms with Gasteiger partial charge in [-0.25, -0.2) is 9.37 Å². The standard InChI is InChI=1S/C26H21F5N2O4S/c1-26(34,17-3-5-18(27)6-4-17)22-14-32-23(38-22)19(12-15-8-10-33(35)11-9-15)16-2-7-20(36-24(28)29)21(13-16)37-25(30)31/h2-11,13-14,19,24-25,34H,12H2,1H3. The minimum absolute atomic E-state index is 0.246. The van der Waals surface area contributed by atoms with Crippen LogP contribution in [0.3, 0.4) is 0 Å². The largest absolute Gasteiger partial charge is 0.619 e. The maximum atomic E-state index is 13.4. The van der Waals surface area contributed by atoms with Crippen molar-refractivity contribution in [1.29, 1.82) is 0 Å². The third-order valence-electron chi connectivity index (χ3n) is 5.82. The van der Waals surface area contributed by atoms with E-state index in [0.29, 0.717) is 31.3 Å². The van der Waals surface area contributed by atoms with Gasteiger partial charge in [-0.2, -0.15) is 22.3 Å². The van der Waals surface area contributed by atoms with Gasteiger partial charge in [0.1, 0.15) is 16.4 Å². The zero-order valence-electron chi connectivity index (χ0n) is 19.7. The maximum Gasteiger partial charge on any atom is 0.387 e. The second kappa shape index (κ2) is 11.3. The van der Waals surface area contributed by atoms with Crippen LogP contribution in [0.2, 0.25) is 0 Å². The van der Waals surface area contributed by atoms with Gasteiger partial charge in [0, 0.05) is 24.2 Å². The zero-order valence-corrected chi connectivity index (χ0v) is 20.5. The van der Waals surface area contributed by atoms with Crippen molar-refractivity contribution in [2.45, 2.75) is 38.1 Å². The molecule has 0 fully saturated rings. The van der Waals surface area contributed by atoms with Gasteiger partial charge in [0.15, 0.2) is 23.9 Å². The Bertz CT molecular complexity index is 1370. The van der Waals surface area contributed by atoms with E-state index in [2.05, 4.69) is 14.5 Å². The molecule has 0 amide bonds. The van der Waals surface area contributed by atoms with Gasteiger partial charge < -0.3 is 19.8 Å². The van der Waals surface area contributed by atoms with E-state index in [-0.39, 0.29) is 6.42 Å². The van der Waals surface area contributed by atoms with Crippen LogP contribution in [0.15, 0.2) is 73.2 Å². The summed E-state index contributed by atoms with van der Waals surface area (Å²) in [4.78, 5) is 4.88. The number of hydrogen-bond acceptors (Lipinski definition) is 6. The maximum absolute atomic E-state index is 13.4. The fraction of sp³-hybridized carbons (Fsp3) is 0.231. The Balaban J connectivity index is 1.76. The minimum Gasteiger partial charge on any atom is -0.619 e. The lowest BCUT2D eigenvalue weighted by Crippen LogP contribution is -2.24. The molecule has 200 valence electrons. The molecule has 0 saturated heterocycles. The van der Waals surface area contributed by atoms with Crippen LogP contribution in [0.4, 0.5) is 22.0 Å². The molecule has 12 heteroatoms. The average Bonchev–Trinajstić information content (AvgIpc) is 3.35. The molecule has 6 nitrogen and oxygen atoms in total. The molecular weight excluding hydrogens is 531 g/mol. The Kier molecular flexibility index (Phi) is 8.12. The molecule has 2 heterocycles. The fourth-order valence-corrected chi connectivity index (χ4v) is 4.99. The Labute approximate surface area is 218 Å². The topological polar surface area (TPSA) is 78.5 Å². The predicted octanol–water partition coefficient (Wildman–Crippen LogP) is 5.75. The van der Waals surface area contributed by atoms with Gasteiger partial charge in [-0.3, -0.25) is 0 Å². The summed E-state index contributed by atoms with van der Waals surface area (Å²) in [6.07, 6.45) is 4.29. The van der Waals surface area contributed by atoms with Crippen molar-refractivity contribution >= 4 is 11.3 Å². The highest BCUT2D eigenvalue weighted by atomic mass is 32.1. The van der Waals surface area contributed by atoms with Crippen LogP contribution in [0.5, 0.6) is 11.5 Å². The molecule has 4 aromatic rings.